The topological polar surface area (TPSA) is 132 Å². The number of hydrogen-bond acceptors (Lipinski definition) is 8. The van der Waals surface area contributed by atoms with Gasteiger partial charge in [-0.25, -0.2) is 4.98 Å². The number of ether oxygens (including phenoxy) is 1. The fourth-order valence-corrected chi connectivity index (χ4v) is 6.79. The molecule has 0 saturated carbocycles. The van der Waals surface area contributed by atoms with Gasteiger partial charge in [0.25, 0.3) is 11.8 Å². The molecule has 0 spiro atoms. The van der Waals surface area contributed by atoms with Gasteiger partial charge in [0.1, 0.15) is 11.6 Å². The number of aromatic amines is 1. The zero-order chi connectivity index (χ0) is 30.0. The van der Waals surface area contributed by atoms with E-state index in [2.05, 4.69) is 26.5 Å². The maximum absolute atomic E-state index is 13.8. The van der Waals surface area contributed by atoms with Gasteiger partial charge in [0, 0.05) is 48.4 Å². The van der Waals surface area contributed by atoms with E-state index in [9.17, 15) is 14.9 Å². The molecule has 0 unspecified atom stereocenters. The van der Waals surface area contributed by atoms with Crippen molar-refractivity contribution in [3.05, 3.63) is 65.3 Å². The normalized spacial score (nSPS) is 18.2. The van der Waals surface area contributed by atoms with Crippen molar-refractivity contribution in [2.24, 2.45) is 0 Å². The maximum Gasteiger partial charge on any atom is 0.268 e. The second kappa shape index (κ2) is 12.1. The van der Waals surface area contributed by atoms with Gasteiger partial charge < -0.3 is 14.2 Å². The third-order valence-electron chi connectivity index (χ3n) is 8.20. The van der Waals surface area contributed by atoms with Gasteiger partial charge >= 0.3 is 0 Å². The summed E-state index contributed by atoms with van der Waals surface area (Å²) >= 11 is 1.38. The number of hydrogen-bond donors (Lipinski definition) is 2. The van der Waals surface area contributed by atoms with Gasteiger partial charge in [0.15, 0.2) is 0 Å². The minimum absolute atomic E-state index is 0.151. The molecule has 2 aliphatic heterocycles. The van der Waals surface area contributed by atoms with Crippen molar-refractivity contribution in [3.63, 3.8) is 0 Å². The highest BCUT2D eigenvalue weighted by Gasteiger charge is 2.34. The van der Waals surface area contributed by atoms with Gasteiger partial charge in [-0.05, 0) is 57.0 Å². The van der Waals surface area contributed by atoms with Gasteiger partial charge in [-0.15, -0.1) is 11.3 Å². The predicted octanol–water partition coefficient (Wildman–Crippen LogP) is 4.29. The monoisotopic (exact) mass is 598 g/mol. The van der Waals surface area contributed by atoms with Crippen LogP contribution in [-0.2, 0) is 16.1 Å². The number of H-pyrrole nitrogens is 1. The van der Waals surface area contributed by atoms with Crippen LogP contribution in [0.3, 0.4) is 0 Å². The number of fused-ring (bicyclic) bond motifs is 1. The lowest BCUT2D eigenvalue weighted by atomic mass is 9.97. The van der Waals surface area contributed by atoms with Crippen LogP contribution in [0.4, 0.5) is 5.95 Å². The molecule has 0 radical (unpaired) electrons. The van der Waals surface area contributed by atoms with Gasteiger partial charge in [-0.2, -0.15) is 10.4 Å². The summed E-state index contributed by atoms with van der Waals surface area (Å²) in [7, 11) is 0. The first-order chi connectivity index (χ1) is 20.8. The quantitative estimate of drug-likeness (QED) is 0.228. The van der Waals surface area contributed by atoms with Crippen molar-refractivity contribution in [1.82, 2.24) is 29.5 Å². The Bertz CT molecular complexity index is 1690. The van der Waals surface area contributed by atoms with Crippen molar-refractivity contribution in [3.8, 4) is 16.5 Å². The van der Waals surface area contributed by atoms with E-state index in [0.717, 1.165) is 47.4 Å². The number of thiophene rings is 1. The minimum Gasteiger partial charge on any atom is -0.379 e. The number of aromatic nitrogens is 4. The number of para-hydroxylation sites is 2. The SMILES string of the molecule is CC(C)(C=C(C#N)C(=O)N1CCC[C@H]1Cn1c(NC(=O)c2ccc(-c3cn[nH]c3)s2)nc2ccccc21)N1CCOCC1. The molecule has 4 aromatic rings. The minimum atomic E-state index is -0.461. The summed E-state index contributed by atoms with van der Waals surface area (Å²) in [6, 6.07) is 13.4. The number of likely N-dealkylation sites (tertiary alicyclic amines) is 1. The Hall–Kier alpha value is -4.31. The molecule has 11 nitrogen and oxygen atoms in total. The molecule has 5 heterocycles. The van der Waals surface area contributed by atoms with Gasteiger partial charge in [0.2, 0.25) is 5.95 Å². The summed E-state index contributed by atoms with van der Waals surface area (Å²) in [5.41, 5.74) is 2.23. The van der Waals surface area contributed by atoms with Gasteiger partial charge in [-0.1, -0.05) is 12.1 Å². The standard InChI is InChI=1S/C31H34N8O3S/c1-31(2,37-12-14-42-15-13-37)16-21(17-32)29(41)38-11-5-6-23(38)20-39-25-8-4-3-7-24(25)35-30(39)36-28(40)27-10-9-26(43-27)22-18-33-34-19-22/h3-4,7-10,16,18-19,23H,5-6,11-15,20H2,1-2H3,(H,33,34)(H,35,36,40)/t23-/m0/s1. The number of carbonyl (C=O) groups excluding carboxylic acids is 2. The van der Waals surface area contributed by atoms with Crippen molar-refractivity contribution in [1.29, 1.82) is 5.26 Å². The molecule has 0 bridgehead atoms. The number of benzene rings is 1. The number of nitrogens with one attached hydrogen (secondary N) is 2. The summed E-state index contributed by atoms with van der Waals surface area (Å²) in [6.07, 6.45) is 6.93. The van der Waals surface area contributed by atoms with Crippen LogP contribution >= 0.6 is 11.3 Å². The zero-order valence-corrected chi connectivity index (χ0v) is 25.1. The van der Waals surface area contributed by atoms with Crippen LogP contribution in [0.25, 0.3) is 21.5 Å². The molecule has 12 heteroatoms. The molecule has 1 aromatic carbocycles. The maximum atomic E-state index is 13.8. The average Bonchev–Trinajstić information content (AvgIpc) is 3.84. The fourth-order valence-electron chi connectivity index (χ4n) is 5.90. The summed E-state index contributed by atoms with van der Waals surface area (Å²) < 4.78 is 7.46. The molecule has 2 amide bonds. The first-order valence-electron chi connectivity index (χ1n) is 14.5. The molecule has 2 aliphatic rings. The van der Waals surface area contributed by atoms with Crippen molar-refractivity contribution in [2.75, 3.05) is 38.2 Å². The average molecular weight is 599 g/mol. The van der Waals surface area contributed by atoms with Crippen LogP contribution in [-0.4, -0.2) is 85.8 Å². The van der Waals surface area contributed by atoms with Crippen molar-refractivity contribution >= 4 is 40.1 Å². The molecule has 0 aliphatic carbocycles. The molecule has 2 N–H and O–H groups in total. The number of rotatable bonds is 8. The van der Waals surface area contributed by atoms with Crippen LogP contribution in [0, 0.1) is 11.3 Å². The lowest BCUT2D eigenvalue weighted by Gasteiger charge is -2.39. The van der Waals surface area contributed by atoms with E-state index in [0.29, 0.717) is 37.1 Å². The first kappa shape index (κ1) is 28.8. The number of nitrogens with zero attached hydrogens (tertiary/aromatic N) is 6. The van der Waals surface area contributed by atoms with E-state index >= 15 is 0 Å². The number of morpholine rings is 1. The van der Waals surface area contributed by atoms with E-state index in [4.69, 9.17) is 9.72 Å². The van der Waals surface area contributed by atoms with Crippen LogP contribution in [0.1, 0.15) is 36.4 Å². The highest BCUT2D eigenvalue weighted by molar-refractivity contribution is 7.17. The molecule has 1 atom stereocenters. The Morgan fingerprint density at radius 1 is 1.21 bits per heavy atom. The lowest BCUT2D eigenvalue weighted by molar-refractivity contribution is -0.127. The summed E-state index contributed by atoms with van der Waals surface area (Å²) in [6.45, 7) is 7.85. The lowest BCUT2D eigenvalue weighted by Crippen LogP contribution is -2.49. The summed E-state index contributed by atoms with van der Waals surface area (Å²) in [4.78, 5) is 37.4. The third-order valence-corrected chi connectivity index (χ3v) is 9.33. The highest BCUT2D eigenvalue weighted by atomic mass is 32.1. The first-order valence-corrected chi connectivity index (χ1v) is 15.3. The number of carbonyl (C=O) groups is 2. The Morgan fingerprint density at radius 2 is 2.02 bits per heavy atom. The van der Waals surface area contributed by atoms with E-state index in [-0.39, 0.29) is 23.4 Å². The van der Waals surface area contributed by atoms with Crippen LogP contribution in [0.5, 0.6) is 0 Å². The van der Waals surface area contributed by atoms with E-state index in [1.807, 2.05) is 48.7 Å². The molecular weight excluding hydrogens is 564 g/mol. The molecule has 6 rings (SSSR count). The molecule has 43 heavy (non-hydrogen) atoms. The fraction of sp³-hybridized carbons (Fsp3) is 0.387. The highest BCUT2D eigenvalue weighted by Crippen LogP contribution is 2.30. The number of imidazole rings is 1. The van der Waals surface area contributed by atoms with Crippen LogP contribution in [0.2, 0.25) is 0 Å². The van der Waals surface area contributed by atoms with Crippen molar-refractivity contribution < 1.29 is 14.3 Å². The molecular formula is C31H34N8O3S. The van der Waals surface area contributed by atoms with E-state index in [1.165, 1.54) is 11.3 Å². The van der Waals surface area contributed by atoms with E-state index < -0.39 is 5.54 Å². The second-order valence-corrected chi connectivity index (χ2v) is 12.4. The third kappa shape index (κ3) is 5.97. The Balaban J connectivity index is 1.24. The number of amides is 2. The van der Waals surface area contributed by atoms with Gasteiger partial charge in [0.05, 0.1) is 41.4 Å². The van der Waals surface area contributed by atoms with Gasteiger partial charge in [-0.3, -0.25) is 24.9 Å². The number of anilines is 1. The second-order valence-electron chi connectivity index (χ2n) is 11.4. The Labute approximate surface area is 253 Å². The molecule has 222 valence electrons. The summed E-state index contributed by atoms with van der Waals surface area (Å²) in [5, 5.41) is 19.8. The molecule has 3 aromatic heterocycles. The molecule has 2 fully saturated rings. The molecule has 2 saturated heterocycles. The predicted molar refractivity (Wildman–Crippen MR) is 164 cm³/mol. The summed E-state index contributed by atoms with van der Waals surface area (Å²) in [5.74, 6) is -0.0874. The van der Waals surface area contributed by atoms with E-state index in [1.54, 1.807) is 29.4 Å². The van der Waals surface area contributed by atoms with Crippen molar-refractivity contribution in [2.45, 2.75) is 44.8 Å². The Morgan fingerprint density at radius 3 is 2.79 bits per heavy atom. The smallest absolute Gasteiger partial charge is 0.268 e. The largest absolute Gasteiger partial charge is 0.379 e. The van der Waals surface area contributed by atoms with Crippen LogP contribution in [0.15, 0.2) is 60.4 Å². The zero-order valence-electron chi connectivity index (χ0n) is 24.2. The number of nitriles is 1. The Kier molecular flexibility index (Phi) is 8.12. The van der Waals surface area contributed by atoms with Crippen LogP contribution < -0.4 is 5.32 Å².